The van der Waals surface area contributed by atoms with Gasteiger partial charge in [0.2, 0.25) is 5.60 Å². The summed E-state index contributed by atoms with van der Waals surface area (Å²) in [7, 11) is 0. The maximum atomic E-state index is 14.2. The maximum absolute atomic E-state index is 14.2. The van der Waals surface area contributed by atoms with Gasteiger partial charge in [-0.2, -0.15) is 26.3 Å². The standard InChI is InChI=1S/C19H8ClF6NO2S/c20-8-3-4-13-11(6-8)17(29,19(24,25)26)12-7-10(16(28)18(21,22)23)9-2-1-5-27-14(9)15(12)30-13/h1-7,29H. The third-order valence-corrected chi connectivity index (χ3v) is 6.12. The summed E-state index contributed by atoms with van der Waals surface area (Å²) in [6, 6.07) is 6.36. The first-order chi connectivity index (χ1) is 13.9. The minimum atomic E-state index is -5.34. The number of aromatic nitrogens is 1. The molecule has 30 heavy (non-hydrogen) atoms. The summed E-state index contributed by atoms with van der Waals surface area (Å²) >= 11 is 6.61. The van der Waals surface area contributed by atoms with E-state index in [-0.39, 0.29) is 25.7 Å². The van der Waals surface area contributed by atoms with Crippen molar-refractivity contribution in [3.8, 4) is 0 Å². The molecular formula is C19H8ClF6NO2S. The first-order valence-corrected chi connectivity index (χ1v) is 9.36. The SMILES string of the molecule is O=C(c1cc2c(c3ncccc13)Sc1ccc(Cl)cc1C2(O)C(F)(F)F)C(F)(F)F. The number of Topliss-reactive ketones (excluding diaryl/α,β-unsaturated/α-hetero) is 1. The molecule has 1 aliphatic heterocycles. The highest BCUT2D eigenvalue weighted by Gasteiger charge is 2.60. The lowest BCUT2D eigenvalue weighted by Gasteiger charge is -2.38. The van der Waals surface area contributed by atoms with E-state index >= 15 is 0 Å². The van der Waals surface area contributed by atoms with Crippen molar-refractivity contribution in [2.24, 2.45) is 0 Å². The molecule has 0 bridgehead atoms. The quantitative estimate of drug-likeness (QED) is 0.361. The molecule has 1 unspecified atom stereocenters. The lowest BCUT2D eigenvalue weighted by atomic mass is 9.83. The van der Waals surface area contributed by atoms with Crippen molar-refractivity contribution in [3.63, 3.8) is 0 Å². The van der Waals surface area contributed by atoms with Gasteiger partial charge in [0.15, 0.2) is 0 Å². The van der Waals surface area contributed by atoms with Gasteiger partial charge >= 0.3 is 12.4 Å². The molecule has 11 heteroatoms. The molecule has 0 saturated carbocycles. The lowest BCUT2D eigenvalue weighted by molar-refractivity contribution is -0.250. The van der Waals surface area contributed by atoms with Crippen LogP contribution >= 0.6 is 23.4 Å². The number of aliphatic hydroxyl groups is 1. The summed E-state index contributed by atoms with van der Waals surface area (Å²) in [5.41, 5.74) is -6.52. The number of carbonyl (C=O) groups is 1. The highest BCUT2D eigenvalue weighted by Crippen LogP contribution is 2.57. The summed E-state index contributed by atoms with van der Waals surface area (Å²) in [5, 5.41) is 10.5. The van der Waals surface area contributed by atoms with Gasteiger partial charge in [-0.3, -0.25) is 9.78 Å². The molecule has 4 rings (SSSR count). The Morgan fingerprint density at radius 2 is 1.77 bits per heavy atom. The van der Waals surface area contributed by atoms with E-state index in [4.69, 9.17) is 11.6 Å². The number of benzene rings is 2. The van der Waals surface area contributed by atoms with Crippen molar-refractivity contribution in [1.29, 1.82) is 0 Å². The molecule has 1 atom stereocenters. The van der Waals surface area contributed by atoms with Crippen LogP contribution in [-0.4, -0.2) is 28.2 Å². The van der Waals surface area contributed by atoms with Gasteiger partial charge in [0.25, 0.3) is 5.78 Å². The Kier molecular flexibility index (Phi) is 4.61. The number of alkyl halides is 6. The Bertz CT molecular complexity index is 1210. The van der Waals surface area contributed by atoms with Crippen molar-refractivity contribution >= 4 is 40.0 Å². The number of fused-ring (bicyclic) bond motifs is 4. The zero-order valence-electron chi connectivity index (χ0n) is 14.4. The Balaban J connectivity index is 2.15. The fraction of sp³-hybridized carbons (Fsp3) is 0.158. The summed E-state index contributed by atoms with van der Waals surface area (Å²) in [6.07, 6.45) is -9.49. The van der Waals surface area contributed by atoms with E-state index in [0.717, 1.165) is 23.9 Å². The Hall–Kier alpha value is -2.30. The van der Waals surface area contributed by atoms with Gasteiger partial charge in [-0.25, -0.2) is 0 Å². The third-order valence-electron chi connectivity index (χ3n) is 4.69. The molecule has 156 valence electrons. The van der Waals surface area contributed by atoms with E-state index in [1.807, 2.05) is 0 Å². The molecule has 0 radical (unpaired) electrons. The second-order valence-electron chi connectivity index (χ2n) is 6.48. The van der Waals surface area contributed by atoms with Crippen LogP contribution in [0.1, 0.15) is 21.5 Å². The zero-order valence-corrected chi connectivity index (χ0v) is 16.0. The van der Waals surface area contributed by atoms with E-state index in [2.05, 4.69) is 4.98 Å². The van der Waals surface area contributed by atoms with Gasteiger partial charge in [0, 0.05) is 43.1 Å². The number of halogens is 7. The number of ketones is 1. The highest BCUT2D eigenvalue weighted by molar-refractivity contribution is 7.99. The van der Waals surface area contributed by atoms with Gasteiger partial charge in [-0.15, -0.1) is 0 Å². The van der Waals surface area contributed by atoms with Crippen LogP contribution in [0.2, 0.25) is 5.02 Å². The molecular weight excluding hydrogens is 456 g/mol. The minimum Gasteiger partial charge on any atom is -0.372 e. The fourth-order valence-electron chi connectivity index (χ4n) is 3.37. The Morgan fingerprint density at radius 1 is 1.07 bits per heavy atom. The number of carbonyl (C=O) groups excluding carboxylic acids is 1. The van der Waals surface area contributed by atoms with Crippen LogP contribution in [-0.2, 0) is 5.60 Å². The van der Waals surface area contributed by atoms with Crippen molar-refractivity contribution in [2.45, 2.75) is 27.7 Å². The normalized spacial score (nSPS) is 18.8. The van der Waals surface area contributed by atoms with Crippen molar-refractivity contribution < 1.29 is 36.2 Å². The molecule has 3 nitrogen and oxygen atoms in total. The van der Waals surface area contributed by atoms with Crippen molar-refractivity contribution in [3.05, 3.63) is 64.3 Å². The molecule has 0 saturated heterocycles. The summed E-state index contributed by atoms with van der Waals surface area (Å²) < 4.78 is 81.9. The molecule has 0 aliphatic carbocycles. The third kappa shape index (κ3) is 2.97. The van der Waals surface area contributed by atoms with Gasteiger partial charge < -0.3 is 5.11 Å². The number of rotatable bonds is 1. The number of nitrogens with zero attached hydrogens (tertiary/aromatic N) is 1. The number of pyridine rings is 1. The van der Waals surface area contributed by atoms with Crippen LogP contribution in [0, 0.1) is 0 Å². The van der Waals surface area contributed by atoms with E-state index < -0.39 is 40.4 Å². The fourth-order valence-corrected chi connectivity index (χ4v) is 4.79. The van der Waals surface area contributed by atoms with Crippen LogP contribution in [0.3, 0.4) is 0 Å². The first-order valence-electron chi connectivity index (χ1n) is 8.16. The summed E-state index contributed by atoms with van der Waals surface area (Å²) in [4.78, 5) is 15.7. The molecule has 0 fully saturated rings. The van der Waals surface area contributed by atoms with E-state index in [9.17, 15) is 36.2 Å². The van der Waals surface area contributed by atoms with Crippen LogP contribution in [0.4, 0.5) is 26.3 Å². The van der Waals surface area contributed by atoms with Gasteiger partial charge in [0.1, 0.15) is 0 Å². The van der Waals surface area contributed by atoms with Gasteiger partial charge in [-0.05, 0) is 30.3 Å². The topological polar surface area (TPSA) is 50.2 Å². The predicted molar refractivity (Wildman–Crippen MR) is 96.8 cm³/mol. The minimum absolute atomic E-state index is 0.00794. The van der Waals surface area contributed by atoms with E-state index in [1.165, 1.54) is 24.4 Å². The van der Waals surface area contributed by atoms with Crippen LogP contribution < -0.4 is 0 Å². The Morgan fingerprint density at radius 3 is 2.40 bits per heavy atom. The number of hydrogen-bond donors (Lipinski definition) is 1. The highest BCUT2D eigenvalue weighted by atomic mass is 35.5. The average molecular weight is 464 g/mol. The van der Waals surface area contributed by atoms with Crippen molar-refractivity contribution in [1.82, 2.24) is 4.98 Å². The molecule has 1 aliphatic rings. The second-order valence-corrected chi connectivity index (χ2v) is 7.97. The van der Waals surface area contributed by atoms with E-state index in [0.29, 0.717) is 6.07 Å². The van der Waals surface area contributed by atoms with Crippen molar-refractivity contribution in [2.75, 3.05) is 0 Å². The van der Waals surface area contributed by atoms with Crippen LogP contribution in [0.5, 0.6) is 0 Å². The summed E-state index contributed by atoms with van der Waals surface area (Å²) in [6.45, 7) is 0. The summed E-state index contributed by atoms with van der Waals surface area (Å²) in [5.74, 6) is -2.34. The van der Waals surface area contributed by atoms with Gasteiger partial charge in [-0.1, -0.05) is 29.4 Å². The largest absolute Gasteiger partial charge is 0.454 e. The predicted octanol–water partition coefficient (Wildman–Crippen LogP) is 5.90. The molecule has 2 heterocycles. The molecule has 3 aromatic rings. The van der Waals surface area contributed by atoms with Crippen LogP contribution in [0.25, 0.3) is 10.9 Å². The number of hydrogen-bond acceptors (Lipinski definition) is 4. The van der Waals surface area contributed by atoms with Gasteiger partial charge in [0.05, 0.1) is 5.52 Å². The molecule has 1 aromatic heterocycles. The lowest BCUT2D eigenvalue weighted by Crippen LogP contribution is -2.45. The molecule has 1 N–H and O–H groups in total. The molecule has 0 amide bonds. The maximum Gasteiger partial charge on any atom is 0.454 e. The smallest absolute Gasteiger partial charge is 0.372 e. The Labute approximate surface area is 173 Å². The monoisotopic (exact) mass is 463 g/mol. The van der Waals surface area contributed by atoms with E-state index in [1.54, 1.807) is 0 Å². The second kappa shape index (κ2) is 6.60. The zero-order chi connectivity index (χ0) is 22.1. The first kappa shape index (κ1) is 21.0. The van der Waals surface area contributed by atoms with Crippen LogP contribution in [0.15, 0.2) is 52.4 Å². The molecule has 2 aromatic carbocycles. The molecule has 0 spiro atoms. The average Bonchev–Trinajstić information content (AvgIpc) is 2.66.